The third kappa shape index (κ3) is 3.69. The molecule has 1 aromatic rings. The van der Waals surface area contributed by atoms with Gasteiger partial charge in [0.1, 0.15) is 19.2 Å². The number of fused-ring (bicyclic) bond motifs is 1. The van der Waals surface area contributed by atoms with Crippen molar-refractivity contribution in [2.24, 2.45) is 0 Å². The van der Waals surface area contributed by atoms with Crippen LogP contribution in [0.1, 0.15) is 16.7 Å². The van der Waals surface area contributed by atoms with Crippen LogP contribution < -0.4 is 5.32 Å². The first-order valence-electron chi connectivity index (χ1n) is 5.73. The third-order valence-corrected chi connectivity index (χ3v) is 3.27. The Kier molecular flexibility index (Phi) is 4.82. The molecule has 0 bridgehead atoms. The Morgan fingerprint density at radius 3 is 3.12 bits per heavy atom. The summed E-state index contributed by atoms with van der Waals surface area (Å²) in [5.74, 6) is 0. The van der Waals surface area contributed by atoms with Crippen molar-refractivity contribution in [1.82, 2.24) is 0 Å². The predicted octanol–water partition coefficient (Wildman–Crippen LogP) is 0.223. The summed E-state index contributed by atoms with van der Waals surface area (Å²) in [5, 5.41) is 2.30. The molecule has 0 aromatic heterocycles. The highest BCUT2D eigenvalue weighted by molar-refractivity contribution is 7.68. The topological polar surface area (TPSA) is 44.3 Å². The summed E-state index contributed by atoms with van der Waals surface area (Å²) in [7, 11) is 1.57. The molecule has 1 unspecified atom stereocenters. The normalized spacial score (nSPS) is 19.1. The van der Waals surface area contributed by atoms with Crippen LogP contribution in [0.15, 0.2) is 18.2 Å². The van der Waals surface area contributed by atoms with Gasteiger partial charge in [-0.15, -0.1) is 4.18 Å². The number of aryl methyl sites for hydroxylation is 1. The van der Waals surface area contributed by atoms with Crippen LogP contribution in [0.5, 0.6) is 0 Å². The molecule has 4 nitrogen and oxygen atoms in total. The van der Waals surface area contributed by atoms with E-state index in [2.05, 4.69) is 30.4 Å². The summed E-state index contributed by atoms with van der Waals surface area (Å²) in [4.78, 5) is 5.09. The van der Waals surface area contributed by atoms with Gasteiger partial charge in [0.05, 0.1) is 7.11 Å². The first kappa shape index (κ1) is 12.9. The SMILES string of the molecule is CO[SH+]OOCC1Cc2cc(C)ccc2C[NH2+]1. The molecule has 0 spiro atoms. The van der Waals surface area contributed by atoms with Crippen molar-refractivity contribution < 1.29 is 18.7 Å². The molecule has 0 saturated heterocycles. The third-order valence-electron chi connectivity index (χ3n) is 2.95. The smallest absolute Gasteiger partial charge is 0.336 e. The van der Waals surface area contributed by atoms with Gasteiger partial charge in [-0.1, -0.05) is 23.8 Å². The molecule has 0 saturated carbocycles. The number of thiol groups is 1. The van der Waals surface area contributed by atoms with Crippen LogP contribution in [0, 0.1) is 6.92 Å². The van der Waals surface area contributed by atoms with E-state index >= 15 is 0 Å². The summed E-state index contributed by atoms with van der Waals surface area (Å²) in [6.45, 7) is 3.74. The Hall–Kier alpha value is -0.590. The van der Waals surface area contributed by atoms with E-state index in [1.54, 1.807) is 7.11 Å². The summed E-state index contributed by atoms with van der Waals surface area (Å²) in [5.41, 5.74) is 4.19. The molecule has 0 amide bonds. The maximum atomic E-state index is 5.09. The molecular weight excluding hydrogens is 238 g/mol. The molecule has 0 aliphatic carbocycles. The van der Waals surface area contributed by atoms with Crippen molar-refractivity contribution in [3.8, 4) is 0 Å². The summed E-state index contributed by atoms with van der Waals surface area (Å²) < 4.78 is 9.55. The maximum absolute atomic E-state index is 5.09. The van der Waals surface area contributed by atoms with Gasteiger partial charge in [0.2, 0.25) is 0 Å². The number of hydrogen-bond acceptors (Lipinski definition) is 3. The standard InChI is InChI=1S/C12H17NO3S/c1-9-3-4-10-7-13-12(6-11(10)5-9)8-15-16-17-14-2/h3-5,12-13H,6-8H2,1-2H3/p+2. The van der Waals surface area contributed by atoms with E-state index < -0.39 is 0 Å². The van der Waals surface area contributed by atoms with E-state index in [1.807, 2.05) is 0 Å². The predicted molar refractivity (Wildman–Crippen MR) is 67.1 cm³/mol. The van der Waals surface area contributed by atoms with Gasteiger partial charge in [-0.3, -0.25) is 0 Å². The fraction of sp³-hybridized carbons (Fsp3) is 0.500. The molecule has 2 rings (SSSR count). The lowest BCUT2D eigenvalue weighted by Crippen LogP contribution is -2.91. The highest BCUT2D eigenvalue weighted by Crippen LogP contribution is 2.15. The molecule has 5 heteroatoms. The van der Waals surface area contributed by atoms with Gasteiger partial charge in [0, 0.05) is 16.3 Å². The summed E-state index contributed by atoms with van der Waals surface area (Å²) in [6.07, 6.45) is 1.03. The second-order valence-electron chi connectivity index (χ2n) is 4.29. The summed E-state index contributed by atoms with van der Waals surface area (Å²) >= 11 is 0.405. The van der Waals surface area contributed by atoms with E-state index in [0.29, 0.717) is 25.0 Å². The lowest BCUT2D eigenvalue weighted by Gasteiger charge is -2.22. The Morgan fingerprint density at radius 2 is 2.29 bits per heavy atom. The van der Waals surface area contributed by atoms with Gasteiger partial charge in [-0.2, -0.15) is 4.89 Å². The van der Waals surface area contributed by atoms with Crippen LogP contribution in [0.3, 0.4) is 0 Å². The van der Waals surface area contributed by atoms with E-state index in [9.17, 15) is 0 Å². The number of benzene rings is 1. The molecule has 1 aliphatic rings. The van der Waals surface area contributed by atoms with Crippen molar-refractivity contribution in [3.63, 3.8) is 0 Å². The Labute approximate surface area is 106 Å². The lowest BCUT2D eigenvalue weighted by atomic mass is 9.95. The second kappa shape index (κ2) is 6.37. The molecule has 1 aliphatic heterocycles. The number of rotatable bonds is 5. The first-order chi connectivity index (χ1) is 8.29. The van der Waals surface area contributed by atoms with Crippen molar-refractivity contribution >= 4 is 12.3 Å². The molecule has 1 heterocycles. The summed E-state index contributed by atoms with van der Waals surface area (Å²) in [6, 6.07) is 7.09. The monoisotopic (exact) mass is 257 g/mol. The number of nitrogens with two attached hydrogens (primary N) is 1. The zero-order valence-corrected chi connectivity index (χ0v) is 11.1. The fourth-order valence-electron chi connectivity index (χ4n) is 2.10. The second-order valence-corrected chi connectivity index (χ2v) is 4.96. The van der Waals surface area contributed by atoms with Gasteiger partial charge in [0.25, 0.3) is 0 Å². The van der Waals surface area contributed by atoms with Gasteiger partial charge >= 0.3 is 12.3 Å². The molecule has 0 fully saturated rings. The van der Waals surface area contributed by atoms with E-state index in [4.69, 9.17) is 13.4 Å². The van der Waals surface area contributed by atoms with E-state index in [0.717, 1.165) is 13.0 Å². The van der Waals surface area contributed by atoms with Crippen molar-refractivity contribution in [3.05, 3.63) is 34.9 Å². The molecule has 1 aromatic carbocycles. The molecule has 0 radical (unpaired) electrons. The largest absolute Gasteiger partial charge is 0.338 e. The van der Waals surface area contributed by atoms with Crippen molar-refractivity contribution in [2.75, 3.05) is 13.7 Å². The van der Waals surface area contributed by atoms with E-state index in [1.165, 1.54) is 16.7 Å². The van der Waals surface area contributed by atoms with Crippen molar-refractivity contribution in [2.45, 2.75) is 25.9 Å². The fourth-order valence-corrected chi connectivity index (χ4v) is 2.26. The minimum Gasteiger partial charge on any atom is -0.338 e. The molecule has 17 heavy (non-hydrogen) atoms. The van der Waals surface area contributed by atoms with Gasteiger partial charge in [-0.25, -0.2) is 0 Å². The minimum atomic E-state index is 0.405. The highest BCUT2D eigenvalue weighted by atomic mass is 32.2. The quantitative estimate of drug-likeness (QED) is 0.270. The van der Waals surface area contributed by atoms with Crippen LogP contribution in [0.4, 0.5) is 0 Å². The van der Waals surface area contributed by atoms with Crippen LogP contribution >= 0.6 is 0 Å². The maximum Gasteiger partial charge on any atom is 0.336 e. The van der Waals surface area contributed by atoms with E-state index in [-0.39, 0.29) is 0 Å². The van der Waals surface area contributed by atoms with Crippen LogP contribution in [0.2, 0.25) is 0 Å². The molecular formula is C12H19NO3S+2. The average molecular weight is 257 g/mol. The lowest BCUT2D eigenvalue weighted by molar-refractivity contribution is -0.711. The van der Waals surface area contributed by atoms with Gasteiger partial charge in [0.15, 0.2) is 0 Å². The van der Waals surface area contributed by atoms with Crippen molar-refractivity contribution in [1.29, 1.82) is 0 Å². The minimum absolute atomic E-state index is 0.405. The van der Waals surface area contributed by atoms with Crippen LogP contribution in [0.25, 0.3) is 0 Å². The first-order valence-corrected chi connectivity index (χ1v) is 6.46. The van der Waals surface area contributed by atoms with Crippen LogP contribution in [-0.2, 0) is 38.7 Å². The number of hydrogen-bond donors (Lipinski definition) is 1. The van der Waals surface area contributed by atoms with Gasteiger partial charge in [-0.05, 0) is 12.5 Å². The van der Waals surface area contributed by atoms with Gasteiger partial charge < -0.3 is 5.32 Å². The average Bonchev–Trinajstić information content (AvgIpc) is 2.34. The Morgan fingerprint density at radius 1 is 1.41 bits per heavy atom. The highest BCUT2D eigenvalue weighted by Gasteiger charge is 2.22. The van der Waals surface area contributed by atoms with Crippen LogP contribution in [-0.4, -0.2) is 19.8 Å². The zero-order valence-electron chi connectivity index (χ0n) is 10.2. The Balaban J connectivity index is 1.85. The zero-order chi connectivity index (χ0) is 12.1. The molecule has 1 atom stereocenters. The Bertz CT molecular complexity index is 373. The molecule has 2 N–H and O–H groups in total. The number of quaternary nitrogens is 1. The molecule has 94 valence electrons.